The number of fused-ring (bicyclic) bond motifs is 1. The third-order valence-corrected chi connectivity index (χ3v) is 7.18. The standard InChI is InChI=1S/C22H26F5N5O/c23-19(24)11-32-18(9-17(30-32)12-6-16(22(25,26)27)21(28)29-10-12)20-14-7-13(8-15(14)20)31-2-1-4-33-5-3-31/h6,9-10,13-15,19-20H,1-5,7-8,11H2,(H2,28,29)/t13?,14-,15+,20+. The molecule has 6 nitrogen and oxygen atoms in total. The quantitative estimate of drug-likeness (QED) is 0.667. The molecule has 1 saturated heterocycles. The van der Waals surface area contributed by atoms with Crippen LogP contribution in [-0.2, 0) is 17.5 Å². The number of nitrogens with two attached hydrogens (primary N) is 1. The summed E-state index contributed by atoms with van der Waals surface area (Å²) in [6.07, 6.45) is -3.08. The van der Waals surface area contributed by atoms with Gasteiger partial charge in [0.25, 0.3) is 6.43 Å². The van der Waals surface area contributed by atoms with E-state index < -0.39 is 30.5 Å². The fourth-order valence-electron chi connectivity index (χ4n) is 5.64. The molecular weight excluding hydrogens is 445 g/mol. The topological polar surface area (TPSA) is 69.2 Å². The Kier molecular flexibility index (Phi) is 5.80. The van der Waals surface area contributed by atoms with E-state index in [1.165, 1.54) is 10.9 Å². The molecule has 2 saturated carbocycles. The second kappa shape index (κ2) is 8.50. The number of ether oxygens (including phenoxy) is 1. The molecule has 0 radical (unpaired) electrons. The van der Waals surface area contributed by atoms with E-state index in [4.69, 9.17) is 10.5 Å². The van der Waals surface area contributed by atoms with Gasteiger partial charge < -0.3 is 10.5 Å². The summed E-state index contributed by atoms with van der Waals surface area (Å²) in [5.74, 6) is 0.249. The molecular formula is C22H26F5N5O. The van der Waals surface area contributed by atoms with Crippen LogP contribution >= 0.6 is 0 Å². The molecule has 180 valence electrons. The zero-order chi connectivity index (χ0) is 23.3. The third-order valence-electron chi connectivity index (χ3n) is 7.18. The smallest absolute Gasteiger partial charge is 0.383 e. The van der Waals surface area contributed by atoms with Gasteiger partial charge in [-0.2, -0.15) is 18.3 Å². The second-order valence-corrected chi connectivity index (χ2v) is 9.16. The molecule has 11 heteroatoms. The average Bonchev–Trinajstić information content (AvgIpc) is 3.13. The summed E-state index contributed by atoms with van der Waals surface area (Å²) < 4.78 is 73.1. The lowest BCUT2D eigenvalue weighted by atomic mass is 10.0. The Morgan fingerprint density at radius 3 is 2.58 bits per heavy atom. The summed E-state index contributed by atoms with van der Waals surface area (Å²) in [4.78, 5) is 6.12. The number of aromatic nitrogens is 3. The summed E-state index contributed by atoms with van der Waals surface area (Å²) in [5, 5.41) is 4.24. The highest BCUT2D eigenvalue weighted by molar-refractivity contribution is 5.63. The predicted octanol–water partition coefficient (Wildman–Crippen LogP) is 4.03. The molecule has 4 atom stereocenters. The maximum atomic E-state index is 13.3. The SMILES string of the molecule is Nc1ncc(-c2cc([C@H]3[C@@H]4CC(N5CCCOCC5)C[C@@H]43)n(CC(F)F)n2)cc1C(F)(F)F. The van der Waals surface area contributed by atoms with Crippen molar-refractivity contribution in [2.24, 2.45) is 11.8 Å². The van der Waals surface area contributed by atoms with E-state index in [2.05, 4.69) is 15.0 Å². The van der Waals surface area contributed by atoms with Crippen LogP contribution in [0.4, 0.5) is 27.8 Å². The van der Waals surface area contributed by atoms with Crippen LogP contribution in [0.1, 0.15) is 36.4 Å². The number of anilines is 1. The van der Waals surface area contributed by atoms with Crippen molar-refractivity contribution in [3.8, 4) is 11.3 Å². The molecule has 0 amide bonds. The van der Waals surface area contributed by atoms with Crippen molar-refractivity contribution in [1.82, 2.24) is 19.7 Å². The number of alkyl halides is 5. The van der Waals surface area contributed by atoms with E-state index in [9.17, 15) is 22.0 Å². The van der Waals surface area contributed by atoms with E-state index in [-0.39, 0.29) is 17.2 Å². The molecule has 1 unspecified atom stereocenters. The minimum absolute atomic E-state index is 0.105. The molecule has 3 heterocycles. The predicted molar refractivity (Wildman–Crippen MR) is 111 cm³/mol. The minimum Gasteiger partial charge on any atom is -0.383 e. The molecule has 1 aliphatic heterocycles. The zero-order valence-electron chi connectivity index (χ0n) is 17.9. The third kappa shape index (κ3) is 4.44. The van der Waals surface area contributed by atoms with E-state index in [0.29, 0.717) is 23.6 Å². The first-order valence-corrected chi connectivity index (χ1v) is 11.2. The Balaban J connectivity index is 1.37. The molecule has 2 aromatic heterocycles. The number of hydrogen-bond acceptors (Lipinski definition) is 5. The van der Waals surface area contributed by atoms with Crippen molar-refractivity contribution < 1.29 is 26.7 Å². The summed E-state index contributed by atoms with van der Waals surface area (Å²) in [7, 11) is 0. The number of nitrogen functional groups attached to an aromatic ring is 1. The van der Waals surface area contributed by atoms with Gasteiger partial charge in [-0.1, -0.05) is 0 Å². The van der Waals surface area contributed by atoms with Crippen LogP contribution in [0.3, 0.4) is 0 Å². The lowest BCUT2D eigenvalue weighted by Gasteiger charge is -2.28. The fourth-order valence-corrected chi connectivity index (χ4v) is 5.64. The molecule has 2 aromatic rings. The van der Waals surface area contributed by atoms with Crippen molar-refractivity contribution >= 4 is 5.82 Å². The molecule has 33 heavy (non-hydrogen) atoms. The molecule has 3 aliphatic rings. The normalized spacial score (nSPS) is 28.2. The molecule has 3 fully saturated rings. The second-order valence-electron chi connectivity index (χ2n) is 9.16. The van der Waals surface area contributed by atoms with Gasteiger partial charge in [0.2, 0.25) is 0 Å². The van der Waals surface area contributed by atoms with Crippen LogP contribution in [0.5, 0.6) is 0 Å². The van der Waals surface area contributed by atoms with E-state index in [1.807, 2.05) is 0 Å². The van der Waals surface area contributed by atoms with Gasteiger partial charge in [0.05, 0.1) is 17.9 Å². The molecule has 0 bridgehead atoms. The molecule has 0 spiro atoms. The Morgan fingerprint density at radius 1 is 1.12 bits per heavy atom. The Hall–Kier alpha value is -2.27. The van der Waals surface area contributed by atoms with Crippen molar-refractivity contribution in [2.45, 2.75) is 50.4 Å². The van der Waals surface area contributed by atoms with Crippen molar-refractivity contribution in [1.29, 1.82) is 0 Å². The summed E-state index contributed by atoms with van der Waals surface area (Å²) >= 11 is 0. The van der Waals surface area contributed by atoms with Crippen molar-refractivity contribution in [2.75, 3.05) is 32.0 Å². The Morgan fingerprint density at radius 2 is 1.88 bits per heavy atom. The van der Waals surface area contributed by atoms with Gasteiger partial charge in [0.1, 0.15) is 12.4 Å². The zero-order valence-corrected chi connectivity index (χ0v) is 17.9. The van der Waals surface area contributed by atoms with Crippen LogP contribution in [-0.4, -0.2) is 58.4 Å². The lowest BCUT2D eigenvalue weighted by Crippen LogP contribution is -2.36. The monoisotopic (exact) mass is 471 g/mol. The van der Waals surface area contributed by atoms with Gasteiger partial charge in [-0.25, -0.2) is 13.8 Å². The molecule has 2 N–H and O–H groups in total. The van der Waals surface area contributed by atoms with Gasteiger partial charge in [-0.3, -0.25) is 9.58 Å². The Labute approximate surface area is 187 Å². The average molecular weight is 471 g/mol. The highest BCUT2D eigenvalue weighted by Gasteiger charge is 2.58. The first-order chi connectivity index (χ1) is 15.7. The summed E-state index contributed by atoms with van der Waals surface area (Å²) in [5.41, 5.74) is 5.32. The van der Waals surface area contributed by atoms with Crippen LogP contribution in [0.15, 0.2) is 18.3 Å². The van der Waals surface area contributed by atoms with E-state index in [0.717, 1.165) is 51.6 Å². The van der Waals surface area contributed by atoms with E-state index in [1.54, 1.807) is 6.07 Å². The first kappa shape index (κ1) is 22.5. The largest absolute Gasteiger partial charge is 0.419 e. The highest BCUT2D eigenvalue weighted by atomic mass is 19.4. The van der Waals surface area contributed by atoms with Crippen LogP contribution < -0.4 is 5.73 Å². The number of halogens is 5. The van der Waals surface area contributed by atoms with Crippen LogP contribution in [0.25, 0.3) is 11.3 Å². The summed E-state index contributed by atoms with van der Waals surface area (Å²) in [6, 6.07) is 3.00. The highest BCUT2D eigenvalue weighted by Crippen LogP contribution is 2.64. The van der Waals surface area contributed by atoms with Crippen molar-refractivity contribution in [3.05, 3.63) is 29.6 Å². The minimum atomic E-state index is -4.66. The lowest BCUT2D eigenvalue weighted by molar-refractivity contribution is -0.137. The van der Waals surface area contributed by atoms with Gasteiger partial charge in [0, 0.05) is 49.1 Å². The van der Waals surface area contributed by atoms with Gasteiger partial charge in [0.15, 0.2) is 0 Å². The molecule has 2 aliphatic carbocycles. The maximum Gasteiger partial charge on any atom is 0.419 e. The number of rotatable bonds is 5. The Bertz CT molecular complexity index is 990. The van der Waals surface area contributed by atoms with Gasteiger partial charge in [-0.05, 0) is 43.2 Å². The molecule has 0 aromatic carbocycles. The van der Waals surface area contributed by atoms with E-state index >= 15 is 0 Å². The number of nitrogens with zero attached hydrogens (tertiary/aromatic N) is 4. The first-order valence-electron chi connectivity index (χ1n) is 11.2. The van der Waals surface area contributed by atoms with Crippen LogP contribution in [0.2, 0.25) is 0 Å². The maximum absolute atomic E-state index is 13.3. The van der Waals surface area contributed by atoms with Gasteiger partial charge >= 0.3 is 6.18 Å². The van der Waals surface area contributed by atoms with Gasteiger partial charge in [-0.15, -0.1) is 0 Å². The summed E-state index contributed by atoms with van der Waals surface area (Å²) in [6.45, 7) is 2.84. The van der Waals surface area contributed by atoms with Crippen molar-refractivity contribution in [3.63, 3.8) is 0 Å². The number of pyridine rings is 1. The van der Waals surface area contributed by atoms with Crippen LogP contribution in [0, 0.1) is 11.8 Å². The molecule has 5 rings (SSSR count). The fraction of sp³-hybridized carbons (Fsp3) is 0.636. The number of hydrogen-bond donors (Lipinski definition) is 1.